The van der Waals surface area contributed by atoms with Gasteiger partial charge in [0.15, 0.2) is 18.1 Å². The second-order valence-corrected chi connectivity index (χ2v) is 7.93. The van der Waals surface area contributed by atoms with E-state index in [1.165, 1.54) is 46.0 Å². The Morgan fingerprint density at radius 3 is 2.66 bits per heavy atom. The number of hydrogen-bond acceptors (Lipinski definition) is 5. The van der Waals surface area contributed by atoms with Crippen LogP contribution in [0.5, 0.6) is 11.5 Å². The fourth-order valence-electron chi connectivity index (χ4n) is 4.40. The topological polar surface area (TPSA) is 65.1 Å². The Bertz CT molecular complexity index is 777. The van der Waals surface area contributed by atoms with E-state index in [2.05, 4.69) is 0 Å². The van der Waals surface area contributed by atoms with Gasteiger partial charge in [-0.25, -0.2) is 4.79 Å². The van der Waals surface area contributed by atoms with E-state index in [4.69, 9.17) is 25.8 Å². The van der Waals surface area contributed by atoms with Crippen LogP contribution in [0.25, 0.3) is 6.08 Å². The molecular formula is C22H28ClNO5. The number of nitrogens with zero attached hydrogens (tertiary/aromatic N) is 1. The first-order valence-electron chi connectivity index (χ1n) is 10.1. The number of carbonyl (C=O) groups excluding carboxylic acids is 2. The number of carbonyl (C=O) groups is 2. The number of rotatable bonds is 6. The molecule has 6 nitrogen and oxygen atoms in total. The molecule has 1 amide bonds. The Balaban J connectivity index is 1.55. The molecule has 1 heterocycles. The number of hydrogen-bond donors (Lipinski definition) is 0. The lowest BCUT2D eigenvalue weighted by atomic mass is 9.78. The summed E-state index contributed by atoms with van der Waals surface area (Å²) in [6, 6.07) is 3.68. The van der Waals surface area contributed by atoms with E-state index in [-0.39, 0.29) is 12.5 Å². The minimum Gasteiger partial charge on any atom is -0.493 e. The Kier molecular flexibility index (Phi) is 7.42. The van der Waals surface area contributed by atoms with Gasteiger partial charge in [-0.05, 0) is 55.4 Å². The van der Waals surface area contributed by atoms with Crippen molar-refractivity contribution >= 4 is 29.6 Å². The van der Waals surface area contributed by atoms with Gasteiger partial charge < -0.3 is 19.1 Å². The van der Waals surface area contributed by atoms with Crippen LogP contribution in [0.4, 0.5) is 0 Å². The molecule has 2 atom stereocenters. The van der Waals surface area contributed by atoms with Gasteiger partial charge in [0.1, 0.15) is 0 Å². The lowest BCUT2D eigenvalue weighted by Crippen LogP contribution is -2.50. The number of ether oxygens (including phenoxy) is 3. The first-order chi connectivity index (χ1) is 14.0. The highest BCUT2D eigenvalue weighted by Crippen LogP contribution is 2.37. The molecule has 0 spiro atoms. The number of amides is 1. The molecule has 0 unspecified atom stereocenters. The van der Waals surface area contributed by atoms with E-state index < -0.39 is 5.97 Å². The summed E-state index contributed by atoms with van der Waals surface area (Å²) < 4.78 is 15.6. The van der Waals surface area contributed by atoms with Crippen LogP contribution in [-0.4, -0.2) is 50.2 Å². The van der Waals surface area contributed by atoms with Crippen molar-refractivity contribution in [2.75, 3.05) is 27.4 Å². The summed E-state index contributed by atoms with van der Waals surface area (Å²) in [6.45, 7) is 0.538. The van der Waals surface area contributed by atoms with Crippen molar-refractivity contribution in [3.63, 3.8) is 0 Å². The molecule has 1 saturated carbocycles. The Morgan fingerprint density at radius 1 is 1.14 bits per heavy atom. The molecule has 0 aromatic heterocycles. The third-order valence-electron chi connectivity index (χ3n) is 5.77. The van der Waals surface area contributed by atoms with Gasteiger partial charge in [-0.3, -0.25) is 4.79 Å². The number of methoxy groups -OCH3 is 2. The zero-order valence-corrected chi connectivity index (χ0v) is 17.7. The number of esters is 1. The molecule has 2 aliphatic rings. The van der Waals surface area contributed by atoms with Gasteiger partial charge in [0, 0.05) is 18.7 Å². The number of benzene rings is 1. The van der Waals surface area contributed by atoms with Crippen LogP contribution in [-0.2, 0) is 14.3 Å². The maximum Gasteiger partial charge on any atom is 0.331 e. The maximum atomic E-state index is 12.6. The lowest BCUT2D eigenvalue weighted by molar-refractivity contribution is -0.151. The van der Waals surface area contributed by atoms with Crippen LogP contribution in [0.2, 0.25) is 5.02 Å². The summed E-state index contributed by atoms with van der Waals surface area (Å²) in [6.07, 6.45) is 9.76. The van der Waals surface area contributed by atoms with Crippen LogP contribution in [0.3, 0.4) is 0 Å². The summed E-state index contributed by atoms with van der Waals surface area (Å²) >= 11 is 6.17. The van der Waals surface area contributed by atoms with Crippen molar-refractivity contribution in [3.05, 3.63) is 28.8 Å². The molecule has 0 bridgehead atoms. The van der Waals surface area contributed by atoms with Crippen LogP contribution in [0.1, 0.15) is 44.1 Å². The summed E-state index contributed by atoms with van der Waals surface area (Å²) in [5, 5.41) is 0.377. The Morgan fingerprint density at radius 2 is 1.90 bits per heavy atom. The fourth-order valence-corrected chi connectivity index (χ4v) is 4.69. The minimum absolute atomic E-state index is 0.0995. The van der Waals surface area contributed by atoms with Crippen molar-refractivity contribution in [3.8, 4) is 11.5 Å². The zero-order valence-electron chi connectivity index (χ0n) is 17.0. The van der Waals surface area contributed by atoms with Gasteiger partial charge in [-0.15, -0.1) is 0 Å². The quantitative estimate of drug-likeness (QED) is 0.511. The highest BCUT2D eigenvalue weighted by Gasteiger charge is 2.35. The van der Waals surface area contributed by atoms with Crippen molar-refractivity contribution in [1.29, 1.82) is 0 Å². The normalized spacial score (nSPS) is 21.6. The first kappa shape index (κ1) is 21.5. The van der Waals surface area contributed by atoms with Crippen molar-refractivity contribution < 1.29 is 23.8 Å². The molecule has 29 heavy (non-hydrogen) atoms. The monoisotopic (exact) mass is 421 g/mol. The molecule has 158 valence electrons. The van der Waals surface area contributed by atoms with E-state index >= 15 is 0 Å². The fraction of sp³-hybridized carbons (Fsp3) is 0.545. The molecule has 2 fully saturated rings. The predicted molar refractivity (Wildman–Crippen MR) is 111 cm³/mol. The number of fused-ring (bicyclic) bond motifs is 1. The molecule has 1 aromatic carbocycles. The van der Waals surface area contributed by atoms with E-state index in [0.29, 0.717) is 34.0 Å². The van der Waals surface area contributed by atoms with Crippen molar-refractivity contribution in [1.82, 2.24) is 4.90 Å². The lowest BCUT2D eigenvalue weighted by Gasteiger charge is -2.44. The molecule has 1 aromatic rings. The summed E-state index contributed by atoms with van der Waals surface area (Å²) in [7, 11) is 3.02. The minimum atomic E-state index is -0.568. The van der Waals surface area contributed by atoms with E-state index in [0.717, 1.165) is 19.4 Å². The average molecular weight is 422 g/mol. The number of piperidine rings is 1. The average Bonchev–Trinajstić information content (AvgIpc) is 2.75. The second-order valence-electron chi connectivity index (χ2n) is 7.52. The van der Waals surface area contributed by atoms with Crippen LogP contribution in [0, 0.1) is 5.92 Å². The van der Waals surface area contributed by atoms with E-state index in [9.17, 15) is 9.59 Å². The van der Waals surface area contributed by atoms with Crippen molar-refractivity contribution in [2.24, 2.45) is 5.92 Å². The molecule has 7 heteroatoms. The van der Waals surface area contributed by atoms with Crippen LogP contribution < -0.4 is 9.47 Å². The van der Waals surface area contributed by atoms with Gasteiger partial charge in [0.2, 0.25) is 0 Å². The predicted octanol–water partition coefficient (Wildman–Crippen LogP) is 4.09. The van der Waals surface area contributed by atoms with E-state index in [1.807, 2.05) is 4.90 Å². The molecular weight excluding hydrogens is 394 g/mol. The van der Waals surface area contributed by atoms with Crippen molar-refractivity contribution in [2.45, 2.75) is 44.6 Å². The smallest absolute Gasteiger partial charge is 0.331 e. The highest BCUT2D eigenvalue weighted by atomic mass is 35.5. The molecule has 1 aliphatic heterocycles. The maximum absolute atomic E-state index is 12.6. The number of halogens is 1. The van der Waals surface area contributed by atoms with Gasteiger partial charge in [0.25, 0.3) is 5.91 Å². The third kappa shape index (κ3) is 5.24. The molecule has 0 N–H and O–H groups in total. The molecule has 1 saturated heterocycles. The molecule has 3 rings (SSSR count). The summed E-state index contributed by atoms with van der Waals surface area (Å²) in [4.78, 5) is 26.6. The standard InChI is InChI=1S/C22H28ClNO5/c1-27-19-13-15(12-17(23)22(19)28-2)9-10-21(26)29-14-20(25)24-11-5-7-16-6-3-4-8-18(16)24/h9-10,12-13,16,18H,3-8,11,14H2,1-2H3/b10-9+/t16-,18+/m0/s1. The van der Waals surface area contributed by atoms with E-state index in [1.54, 1.807) is 18.2 Å². The molecule has 0 radical (unpaired) electrons. The first-order valence-corrected chi connectivity index (χ1v) is 10.5. The van der Waals surface area contributed by atoms with Gasteiger partial charge >= 0.3 is 5.97 Å². The number of likely N-dealkylation sites (tertiary alicyclic amines) is 1. The third-order valence-corrected chi connectivity index (χ3v) is 6.05. The zero-order chi connectivity index (χ0) is 20.8. The SMILES string of the molecule is COc1cc(/C=C/C(=O)OCC(=O)N2CCC[C@@H]3CCCC[C@H]32)cc(Cl)c1OC. The summed E-state index contributed by atoms with van der Waals surface area (Å²) in [5.41, 5.74) is 0.664. The Hall–Kier alpha value is -2.21. The summed E-state index contributed by atoms with van der Waals surface area (Å²) in [5.74, 6) is 0.836. The van der Waals surface area contributed by atoms with Gasteiger partial charge in [-0.2, -0.15) is 0 Å². The Labute approximate surface area is 176 Å². The second kappa shape index (κ2) is 10.0. The van der Waals surface area contributed by atoms with Crippen LogP contribution >= 0.6 is 11.6 Å². The molecule has 1 aliphatic carbocycles. The van der Waals surface area contributed by atoms with Crippen LogP contribution in [0.15, 0.2) is 18.2 Å². The van der Waals surface area contributed by atoms with Gasteiger partial charge in [0.05, 0.1) is 19.2 Å². The highest BCUT2D eigenvalue weighted by molar-refractivity contribution is 6.32. The van der Waals surface area contributed by atoms with Gasteiger partial charge in [-0.1, -0.05) is 24.4 Å². The largest absolute Gasteiger partial charge is 0.493 e.